The fraction of sp³-hybridized carbons (Fsp3) is 0.269. The third-order valence-electron chi connectivity index (χ3n) is 6.64. The van der Waals surface area contributed by atoms with Crippen LogP contribution in [0.15, 0.2) is 71.2 Å². The molecule has 0 aliphatic carbocycles. The minimum Gasteiger partial charge on any atom is -0.497 e. The number of amides is 1. The van der Waals surface area contributed by atoms with E-state index in [1.54, 1.807) is 21.3 Å². The summed E-state index contributed by atoms with van der Waals surface area (Å²) in [6.45, 7) is 0. The van der Waals surface area contributed by atoms with Gasteiger partial charge in [0.2, 0.25) is 5.91 Å². The van der Waals surface area contributed by atoms with Crippen molar-refractivity contribution in [2.45, 2.75) is 18.1 Å². The van der Waals surface area contributed by atoms with E-state index in [9.17, 15) is 4.79 Å². The summed E-state index contributed by atoms with van der Waals surface area (Å²) in [6.07, 6.45) is 0. The Morgan fingerprint density at radius 3 is 2.06 bits per heavy atom. The topological polar surface area (TPSA) is 72.1 Å². The standard InChI is InChI=1S/C26H26BrN3O4/c1-32-19-11-4-15(5-12-19)23-22-24(29-28-23)26(31)30(18-9-7-17(27)8-10-18)25(22)16-6-13-20(33-2)21(14-16)34-3/h4-14,22-25,28-29H,1-3H3. The van der Waals surface area contributed by atoms with Crippen LogP contribution in [0.2, 0.25) is 0 Å². The number of methoxy groups -OCH3 is 3. The molecule has 0 aromatic heterocycles. The number of halogens is 1. The summed E-state index contributed by atoms with van der Waals surface area (Å²) in [5.74, 6) is 2.03. The first-order valence-corrected chi connectivity index (χ1v) is 11.8. The number of hydrogen-bond donors (Lipinski definition) is 2. The monoisotopic (exact) mass is 523 g/mol. The Hall–Kier alpha value is -3.07. The molecule has 0 spiro atoms. The molecule has 1 amide bonds. The lowest BCUT2D eigenvalue weighted by atomic mass is 9.83. The van der Waals surface area contributed by atoms with Crippen molar-refractivity contribution in [1.82, 2.24) is 10.9 Å². The van der Waals surface area contributed by atoms with E-state index in [0.717, 1.165) is 27.0 Å². The lowest BCUT2D eigenvalue weighted by molar-refractivity contribution is -0.119. The number of fused-ring (bicyclic) bond motifs is 1. The zero-order chi connectivity index (χ0) is 23.8. The van der Waals surface area contributed by atoms with Crippen molar-refractivity contribution >= 4 is 27.5 Å². The molecule has 176 valence electrons. The molecule has 2 saturated heterocycles. The number of nitrogens with zero attached hydrogens (tertiary/aromatic N) is 1. The maximum Gasteiger partial charge on any atom is 0.246 e. The second-order valence-electron chi connectivity index (χ2n) is 8.34. The maximum atomic E-state index is 13.7. The van der Waals surface area contributed by atoms with E-state index in [1.807, 2.05) is 71.6 Å². The second kappa shape index (κ2) is 9.29. The Bertz CT molecular complexity index is 1190. The molecule has 7 nitrogen and oxygen atoms in total. The minimum absolute atomic E-state index is 0.0237. The predicted molar refractivity (Wildman–Crippen MR) is 133 cm³/mol. The summed E-state index contributed by atoms with van der Waals surface area (Å²) >= 11 is 3.50. The average Bonchev–Trinajstić information content (AvgIpc) is 3.43. The van der Waals surface area contributed by atoms with Crippen LogP contribution in [0.25, 0.3) is 0 Å². The Morgan fingerprint density at radius 2 is 1.41 bits per heavy atom. The number of benzene rings is 3. The van der Waals surface area contributed by atoms with Gasteiger partial charge >= 0.3 is 0 Å². The summed E-state index contributed by atoms with van der Waals surface area (Å²) < 4.78 is 17.3. The summed E-state index contributed by atoms with van der Waals surface area (Å²) in [4.78, 5) is 15.6. The first kappa shape index (κ1) is 22.7. The van der Waals surface area contributed by atoms with Gasteiger partial charge in [-0.1, -0.05) is 34.1 Å². The Morgan fingerprint density at radius 1 is 0.765 bits per heavy atom. The van der Waals surface area contributed by atoms with Crippen LogP contribution in [-0.2, 0) is 4.79 Å². The number of carbonyl (C=O) groups excluding carboxylic acids is 1. The Kier molecular flexibility index (Phi) is 6.20. The molecule has 0 bridgehead atoms. The van der Waals surface area contributed by atoms with Gasteiger partial charge in [0, 0.05) is 16.1 Å². The first-order valence-electron chi connectivity index (χ1n) is 11.0. The summed E-state index contributed by atoms with van der Waals surface area (Å²) in [5, 5.41) is 0. The molecule has 2 fully saturated rings. The molecular formula is C26H26BrN3O4. The Balaban J connectivity index is 1.62. The van der Waals surface area contributed by atoms with Gasteiger partial charge in [0.05, 0.1) is 33.4 Å². The summed E-state index contributed by atoms with van der Waals surface area (Å²) in [7, 11) is 4.89. The second-order valence-corrected chi connectivity index (χ2v) is 9.25. The van der Waals surface area contributed by atoms with Crippen LogP contribution < -0.4 is 30.0 Å². The molecule has 0 saturated carbocycles. The molecule has 0 radical (unpaired) electrons. The van der Waals surface area contributed by atoms with Gasteiger partial charge in [-0.05, 0) is 59.7 Å². The Labute approximate surface area is 207 Å². The number of carbonyl (C=O) groups is 1. The number of hydrazine groups is 1. The molecule has 3 aromatic carbocycles. The van der Waals surface area contributed by atoms with E-state index in [0.29, 0.717) is 11.5 Å². The van der Waals surface area contributed by atoms with Gasteiger partial charge in [0.25, 0.3) is 0 Å². The zero-order valence-corrected chi connectivity index (χ0v) is 20.7. The molecule has 2 aliphatic heterocycles. The molecule has 4 unspecified atom stereocenters. The van der Waals surface area contributed by atoms with Crippen molar-refractivity contribution < 1.29 is 19.0 Å². The summed E-state index contributed by atoms with van der Waals surface area (Å²) in [5.41, 5.74) is 9.55. The summed E-state index contributed by atoms with van der Waals surface area (Å²) in [6, 6.07) is 21.0. The molecule has 5 rings (SSSR count). The van der Waals surface area contributed by atoms with Gasteiger partial charge in [0.15, 0.2) is 11.5 Å². The largest absolute Gasteiger partial charge is 0.497 e. The number of anilines is 1. The van der Waals surface area contributed by atoms with Crippen molar-refractivity contribution in [2.24, 2.45) is 5.92 Å². The lowest BCUT2D eigenvalue weighted by Gasteiger charge is -2.31. The third-order valence-corrected chi connectivity index (χ3v) is 7.17. The van der Waals surface area contributed by atoms with Crippen LogP contribution in [0, 0.1) is 5.92 Å². The highest BCUT2D eigenvalue weighted by Gasteiger charge is 2.56. The molecule has 2 N–H and O–H groups in total. The molecule has 8 heteroatoms. The number of nitrogens with one attached hydrogen (secondary N) is 2. The average molecular weight is 524 g/mol. The van der Waals surface area contributed by atoms with Gasteiger partial charge < -0.3 is 19.1 Å². The van der Waals surface area contributed by atoms with Crippen molar-refractivity contribution in [3.63, 3.8) is 0 Å². The van der Waals surface area contributed by atoms with E-state index < -0.39 is 0 Å². The maximum absolute atomic E-state index is 13.7. The van der Waals surface area contributed by atoms with E-state index in [4.69, 9.17) is 14.2 Å². The molecular weight excluding hydrogens is 498 g/mol. The molecule has 3 aromatic rings. The van der Waals surface area contributed by atoms with Crippen LogP contribution in [0.4, 0.5) is 5.69 Å². The van der Waals surface area contributed by atoms with Crippen LogP contribution in [0.3, 0.4) is 0 Å². The molecule has 4 atom stereocenters. The highest BCUT2D eigenvalue weighted by atomic mass is 79.9. The highest BCUT2D eigenvalue weighted by molar-refractivity contribution is 9.10. The SMILES string of the molecule is COc1ccc(C2NNC3C(=O)N(c4ccc(Br)cc4)C(c4ccc(OC)c(OC)c4)C32)cc1. The highest BCUT2D eigenvalue weighted by Crippen LogP contribution is 2.50. The fourth-order valence-corrected chi connectivity index (χ4v) is 5.29. The van der Waals surface area contributed by atoms with Crippen LogP contribution in [0.5, 0.6) is 17.2 Å². The van der Waals surface area contributed by atoms with Gasteiger partial charge in [-0.2, -0.15) is 0 Å². The number of hydrogen-bond acceptors (Lipinski definition) is 6. The smallest absolute Gasteiger partial charge is 0.246 e. The molecule has 2 aliphatic rings. The van der Waals surface area contributed by atoms with Crippen LogP contribution in [-0.4, -0.2) is 33.3 Å². The van der Waals surface area contributed by atoms with Crippen molar-refractivity contribution in [3.8, 4) is 17.2 Å². The molecule has 2 heterocycles. The minimum atomic E-state index is -0.381. The van der Waals surface area contributed by atoms with E-state index >= 15 is 0 Å². The number of rotatable bonds is 6. The molecule has 34 heavy (non-hydrogen) atoms. The van der Waals surface area contributed by atoms with Crippen molar-refractivity contribution in [2.75, 3.05) is 26.2 Å². The van der Waals surface area contributed by atoms with Crippen molar-refractivity contribution in [1.29, 1.82) is 0 Å². The first-order chi connectivity index (χ1) is 16.5. The van der Waals surface area contributed by atoms with Gasteiger partial charge in [0.1, 0.15) is 11.8 Å². The quantitative estimate of drug-likeness (QED) is 0.499. The van der Waals surface area contributed by atoms with E-state index in [-0.39, 0.29) is 30.0 Å². The van der Waals surface area contributed by atoms with Crippen LogP contribution in [0.1, 0.15) is 23.2 Å². The number of ether oxygens (including phenoxy) is 3. The van der Waals surface area contributed by atoms with Crippen molar-refractivity contribution in [3.05, 3.63) is 82.3 Å². The van der Waals surface area contributed by atoms with E-state index in [1.165, 1.54) is 0 Å². The van der Waals surface area contributed by atoms with Gasteiger partial charge in [-0.25, -0.2) is 10.9 Å². The predicted octanol–water partition coefficient (Wildman–Crippen LogP) is 4.40. The van der Waals surface area contributed by atoms with Gasteiger partial charge in [-0.15, -0.1) is 0 Å². The lowest BCUT2D eigenvalue weighted by Crippen LogP contribution is -2.41. The zero-order valence-electron chi connectivity index (χ0n) is 19.1. The van der Waals surface area contributed by atoms with Gasteiger partial charge in [-0.3, -0.25) is 4.79 Å². The van der Waals surface area contributed by atoms with E-state index in [2.05, 4.69) is 26.8 Å². The normalized spacial score (nSPS) is 23.6. The third kappa shape index (κ3) is 3.81. The van der Waals surface area contributed by atoms with Crippen LogP contribution >= 0.6 is 15.9 Å². The fourth-order valence-electron chi connectivity index (χ4n) is 5.03.